The van der Waals surface area contributed by atoms with Gasteiger partial charge < -0.3 is 0 Å². The number of amides is 1. The third-order valence-electron chi connectivity index (χ3n) is 1.12. The first-order valence-electron chi connectivity index (χ1n) is 3.98. The molecule has 0 atom stereocenters. The summed E-state index contributed by atoms with van der Waals surface area (Å²) in [6.07, 6.45) is 0. The first-order chi connectivity index (χ1) is 7.56. The van der Waals surface area contributed by atoms with E-state index < -0.39 is 16.4 Å². The number of hydrogen-bond donors (Lipinski definition) is 0. The van der Waals surface area contributed by atoms with Crippen LogP contribution in [-0.4, -0.2) is 14.3 Å². The van der Waals surface area contributed by atoms with Gasteiger partial charge in [0.25, 0.3) is 5.91 Å². The van der Waals surface area contributed by atoms with Crippen LogP contribution in [-0.2, 0) is 15.3 Å². The smallest absolute Gasteiger partial charge is 0.272 e. The second-order valence-corrected chi connectivity index (χ2v) is 2.97. The van der Waals surface area contributed by atoms with Crippen molar-refractivity contribution in [1.82, 2.24) is 0 Å². The highest BCUT2D eigenvalue weighted by atomic mass is 32.2. The average molecular weight is 240 g/mol. The zero-order chi connectivity index (χ0) is 12.4. The molecule has 0 aliphatic carbocycles. The fraction of sp³-hybridized carbons (Fsp3) is 0.125. The zero-order valence-corrected chi connectivity index (χ0v) is 9.13. The van der Waals surface area contributed by atoms with Gasteiger partial charge in [0.15, 0.2) is 0 Å². The van der Waals surface area contributed by atoms with E-state index in [1.165, 1.54) is 0 Å². The van der Waals surface area contributed by atoms with Crippen LogP contribution in [0.5, 0.6) is 0 Å². The Morgan fingerprint density at radius 1 is 1.31 bits per heavy atom. The van der Waals surface area contributed by atoms with Gasteiger partial charge in [0.1, 0.15) is 0 Å². The SMILES string of the molecule is CC(=O)N=S(=O)=O.[N-]=[N+]=Nc1ccccc1. The molecule has 0 aromatic heterocycles. The van der Waals surface area contributed by atoms with E-state index in [1.54, 1.807) is 12.1 Å². The number of hydrogen-bond acceptors (Lipinski definition) is 4. The van der Waals surface area contributed by atoms with Crippen molar-refractivity contribution in [3.63, 3.8) is 0 Å². The molecule has 1 aromatic rings. The van der Waals surface area contributed by atoms with Gasteiger partial charge in [-0.1, -0.05) is 39.8 Å². The second-order valence-electron chi connectivity index (χ2n) is 2.35. The number of carbonyl (C=O) groups is 1. The maximum atomic E-state index is 9.69. The molecule has 0 aliphatic rings. The monoisotopic (exact) mass is 240 g/mol. The Morgan fingerprint density at radius 2 is 1.88 bits per heavy atom. The van der Waals surface area contributed by atoms with Crippen molar-refractivity contribution >= 4 is 22.1 Å². The van der Waals surface area contributed by atoms with Crippen LogP contribution in [0.15, 0.2) is 39.8 Å². The summed E-state index contributed by atoms with van der Waals surface area (Å²) < 4.78 is 21.4. The highest BCUT2D eigenvalue weighted by Crippen LogP contribution is 2.08. The normalized spacial score (nSPS) is 7.81. The molecule has 0 saturated carbocycles. The molecule has 0 heterocycles. The maximum absolute atomic E-state index is 9.69. The van der Waals surface area contributed by atoms with E-state index in [9.17, 15) is 13.2 Å². The van der Waals surface area contributed by atoms with Crippen molar-refractivity contribution in [3.8, 4) is 0 Å². The van der Waals surface area contributed by atoms with Crippen molar-refractivity contribution < 1.29 is 13.2 Å². The summed E-state index contributed by atoms with van der Waals surface area (Å²) in [4.78, 5) is 12.3. The largest absolute Gasteiger partial charge is 0.319 e. The molecule has 1 rings (SSSR count). The first kappa shape index (κ1) is 13.8. The lowest BCUT2D eigenvalue weighted by atomic mass is 10.3. The van der Waals surface area contributed by atoms with E-state index in [2.05, 4.69) is 14.4 Å². The highest BCUT2D eigenvalue weighted by molar-refractivity contribution is 7.62. The molecule has 8 heteroatoms. The van der Waals surface area contributed by atoms with Gasteiger partial charge in [-0.3, -0.25) is 4.79 Å². The summed E-state index contributed by atoms with van der Waals surface area (Å²) in [5.41, 5.74) is 8.63. The lowest BCUT2D eigenvalue weighted by Gasteiger charge is -1.83. The minimum absolute atomic E-state index is 0.653. The first-order valence-corrected chi connectivity index (χ1v) is 5.01. The predicted molar refractivity (Wildman–Crippen MR) is 57.3 cm³/mol. The van der Waals surface area contributed by atoms with Crippen molar-refractivity contribution in [1.29, 1.82) is 0 Å². The van der Waals surface area contributed by atoms with Crippen molar-refractivity contribution in [3.05, 3.63) is 40.8 Å². The highest BCUT2D eigenvalue weighted by Gasteiger charge is 1.80. The summed E-state index contributed by atoms with van der Waals surface area (Å²) in [7, 11) is -2.57. The Balaban J connectivity index is 0.000000293. The van der Waals surface area contributed by atoms with Crippen LogP contribution in [0.4, 0.5) is 5.69 Å². The molecule has 16 heavy (non-hydrogen) atoms. The fourth-order valence-corrected chi connectivity index (χ4v) is 0.861. The molecule has 0 saturated heterocycles. The van der Waals surface area contributed by atoms with E-state index >= 15 is 0 Å². The summed E-state index contributed by atoms with van der Waals surface area (Å²) >= 11 is 0. The summed E-state index contributed by atoms with van der Waals surface area (Å²) in [6.45, 7) is 1.07. The van der Waals surface area contributed by atoms with Gasteiger partial charge in [0.2, 0.25) is 0 Å². The van der Waals surface area contributed by atoms with E-state index in [0.29, 0.717) is 5.69 Å². The predicted octanol–water partition coefficient (Wildman–Crippen LogP) is 2.22. The van der Waals surface area contributed by atoms with Gasteiger partial charge >= 0.3 is 10.5 Å². The van der Waals surface area contributed by atoms with E-state index in [1.807, 2.05) is 18.2 Å². The Morgan fingerprint density at radius 3 is 2.19 bits per heavy atom. The van der Waals surface area contributed by atoms with Gasteiger partial charge in [0.05, 0.1) is 0 Å². The van der Waals surface area contributed by atoms with Crippen molar-refractivity contribution in [2.75, 3.05) is 0 Å². The van der Waals surface area contributed by atoms with Crippen LogP contribution in [0.3, 0.4) is 0 Å². The van der Waals surface area contributed by atoms with Crippen molar-refractivity contribution in [2.24, 2.45) is 9.48 Å². The molecule has 1 amide bonds. The number of azide groups is 1. The Kier molecular flexibility index (Phi) is 7.04. The summed E-state index contributed by atoms with van der Waals surface area (Å²) in [6, 6.07) is 9.02. The molecule has 0 fully saturated rings. The number of carbonyl (C=O) groups excluding carboxylic acids is 1. The molecule has 0 N–H and O–H groups in total. The number of rotatable bonds is 1. The Hall–Kier alpha value is -2.18. The van der Waals surface area contributed by atoms with Gasteiger partial charge in [-0.25, -0.2) is 0 Å². The van der Waals surface area contributed by atoms with Crippen LogP contribution >= 0.6 is 0 Å². The molecule has 0 radical (unpaired) electrons. The minimum Gasteiger partial charge on any atom is -0.272 e. The molecule has 0 bridgehead atoms. The molecule has 0 spiro atoms. The van der Waals surface area contributed by atoms with E-state index in [-0.39, 0.29) is 0 Å². The van der Waals surface area contributed by atoms with Crippen LogP contribution in [0.2, 0.25) is 0 Å². The number of benzene rings is 1. The van der Waals surface area contributed by atoms with Crippen LogP contribution < -0.4 is 0 Å². The van der Waals surface area contributed by atoms with Gasteiger partial charge in [-0.15, -0.1) is 0 Å². The quantitative estimate of drug-likeness (QED) is 0.426. The van der Waals surface area contributed by atoms with Gasteiger partial charge in [-0.05, 0) is 5.53 Å². The Bertz CT molecular complexity index is 509. The molecular formula is C8H8N4O3S. The molecule has 84 valence electrons. The average Bonchev–Trinajstić information content (AvgIpc) is 2.18. The minimum atomic E-state index is -2.57. The number of nitrogens with zero attached hydrogens (tertiary/aromatic N) is 4. The summed E-state index contributed by atoms with van der Waals surface area (Å²) in [5, 5.41) is 3.39. The molecular weight excluding hydrogens is 232 g/mol. The van der Waals surface area contributed by atoms with E-state index in [4.69, 9.17) is 5.53 Å². The topological polar surface area (TPSA) is 112 Å². The lowest BCUT2D eigenvalue weighted by molar-refractivity contribution is -0.115. The molecule has 0 aliphatic heterocycles. The van der Waals surface area contributed by atoms with Gasteiger partial charge in [0, 0.05) is 17.5 Å². The standard InChI is InChI=1S/C6H5N3.C2H3NO3S/c7-9-8-6-4-2-1-3-5-6;1-2(4)3-7(5)6/h1-5H;1H3. The third-order valence-corrected chi connectivity index (χ3v) is 1.53. The van der Waals surface area contributed by atoms with Crippen LogP contribution in [0.1, 0.15) is 6.92 Å². The summed E-state index contributed by atoms with van der Waals surface area (Å²) in [5.74, 6) is -0.701. The zero-order valence-electron chi connectivity index (χ0n) is 8.31. The van der Waals surface area contributed by atoms with E-state index in [0.717, 1.165) is 6.92 Å². The maximum Gasteiger partial charge on any atom is 0.319 e. The molecule has 1 aromatic carbocycles. The third kappa shape index (κ3) is 8.42. The molecule has 7 nitrogen and oxygen atoms in total. The fourth-order valence-electron chi connectivity index (χ4n) is 0.651. The lowest BCUT2D eigenvalue weighted by Crippen LogP contribution is -1.77. The molecule has 0 unspecified atom stereocenters. The Labute approximate surface area is 93.1 Å². The van der Waals surface area contributed by atoms with Crippen LogP contribution in [0.25, 0.3) is 10.4 Å². The van der Waals surface area contributed by atoms with Crippen LogP contribution in [0, 0.1) is 0 Å². The second kappa shape index (κ2) is 8.16. The van der Waals surface area contributed by atoms with Crippen molar-refractivity contribution in [2.45, 2.75) is 6.92 Å². The van der Waals surface area contributed by atoms with Gasteiger partial charge in [-0.2, -0.15) is 8.42 Å².